The normalized spacial score (nSPS) is 24.6. The Morgan fingerprint density at radius 1 is 1.56 bits per heavy atom. The second-order valence-corrected chi connectivity index (χ2v) is 5.15. The molecular weight excluding hydrogens is 222 g/mol. The number of aliphatic hydroxyl groups is 1. The van der Waals surface area contributed by atoms with E-state index in [1.165, 1.54) is 0 Å². The molecule has 0 aromatic carbocycles. The Balaban J connectivity index is 1.71. The van der Waals surface area contributed by atoms with Gasteiger partial charge in [-0.2, -0.15) is 11.3 Å². The predicted octanol–water partition coefficient (Wildman–Crippen LogP) is 1.57. The maximum atomic E-state index is 11.6. The summed E-state index contributed by atoms with van der Waals surface area (Å²) in [6.45, 7) is 0.615. The van der Waals surface area contributed by atoms with Gasteiger partial charge >= 0.3 is 0 Å². The summed E-state index contributed by atoms with van der Waals surface area (Å²) < 4.78 is 0. The van der Waals surface area contributed by atoms with Gasteiger partial charge in [-0.3, -0.25) is 4.79 Å². The van der Waals surface area contributed by atoms with Crippen LogP contribution in [0.2, 0.25) is 0 Å². The van der Waals surface area contributed by atoms with Crippen LogP contribution in [0.5, 0.6) is 0 Å². The molecule has 1 saturated carbocycles. The van der Waals surface area contributed by atoms with Gasteiger partial charge < -0.3 is 10.4 Å². The van der Waals surface area contributed by atoms with E-state index in [9.17, 15) is 9.90 Å². The van der Waals surface area contributed by atoms with Crippen LogP contribution < -0.4 is 5.32 Å². The van der Waals surface area contributed by atoms with Crippen molar-refractivity contribution in [1.82, 2.24) is 5.32 Å². The third kappa shape index (κ3) is 3.06. The van der Waals surface area contributed by atoms with Crippen molar-refractivity contribution in [1.29, 1.82) is 0 Å². The van der Waals surface area contributed by atoms with E-state index in [1.54, 1.807) is 11.3 Å². The molecule has 1 aliphatic carbocycles. The zero-order chi connectivity index (χ0) is 11.4. The Morgan fingerprint density at radius 3 is 3.06 bits per heavy atom. The predicted molar refractivity (Wildman–Crippen MR) is 64.4 cm³/mol. The number of amides is 1. The third-order valence-corrected chi connectivity index (χ3v) is 3.86. The summed E-state index contributed by atoms with van der Waals surface area (Å²) in [5, 5.41) is 16.5. The van der Waals surface area contributed by atoms with Gasteiger partial charge in [0.2, 0.25) is 5.91 Å². The Bertz CT molecular complexity index is 337. The van der Waals surface area contributed by atoms with Crippen molar-refractivity contribution >= 4 is 17.2 Å². The molecule has 0 spiro atoms. The van der Waals surface area contributed by atoms with E-state index in [1.807, 2.05) is 16.8 Å². The molecule has 0 radical (unpaired) electrons. The molecule has 1 heterocycles. The van der Waals surface area contributed by atoms with E-state index >= 15 is 0 Å². The first-order valence-electron chi connectivity index (χ1n) is 5.71. The summed E-state index contributed by atoms with van der Waals surface area (Å²) in [5.74, 6) is 0.309. The molecule has 0 bridgehead atoms. The third-order valence-electron chi connectivity index (χ3n) is 3.13. The number of hydrogen-bond acceptors (Lipinski definition) is 3. The summed E-state index contributed by atoms with van der Waals surface area (Å²) in [6, 6.07) is 1.97. The monoisotopic (exact) mass is 239 g/mol. The molecule has 1 aromatic heterocycles. The molecule has 4 heteroatoms. The molecule has 0 aliphatic heterocycles. The molecule has 16 heavy (non-hydrogen) atoms. The van der Waals surface area contributed by atoms with Gasteiger partial charge in [-0.15, -0.1) is 0 Å². The molecule has 1 aromatic rings. The van der Waals surface area contributed by atoms with Gasteiger partial charge in [0, 0.05) is 12.5 Å². The highest BCUT2D eigenvalue weighted by Crippen LogP contribution is 2.24. The molecule has 1 amide bonds. The smallest absolute Gasteiger partial charge is 0.224 e. The van der Waals surface area contributed by atoms with Gasteiger partial charge in [0.1, 0.15) is 0 Å². The maximum absolute atomic E-state index is 11.6. The van der Waals surface area contributed by atoms with Crippen LogP contribution in [-0.4, -0.2) is 23.7 Å². The van der Waals surface area contributed by atoms with E-state index in [-0.39, 0.29) is 17.9 Å². The number of rotatable bonds is 4. The molecule has 1 fully saturated rings. The second-order valence-electron chi connectivity index (χ2n) is 4.37. The van der Waals surface area contributed by atoms with Crippen LogP contribution in [0.4, 0.5) is 0 Å². The molecule has 2 N–H and O–H groups in total. The first-order chi connectivity index (χ1) is 7.75. The fraction of sp³-hybridized carbons (Fsp3) is 0.583. The van der Waals surface area contributed by atoms with Gasteiger partial charge in [0.05, 0.1) is 12.5 Å². The molecule has 88 valence electrons. The van der Waals surface area contributed by atoms with E-state index in [0.717, 1.165) is 24.8 Å². The molecule has 2 rings (SSSR count). The number of nitrogens with one attached hydrogen (secondary N) is 1. The average molecular weight is 239 g/mol. The fourth-order valence-corrected chi connectivity index (χ4v) is 2.81. The largest absolute Gasteiger partial charge is 0.393 e. The summed E-state index contributed by atoms with van der Waals surface area (Å²) in [4.78, 5) is 11.6. The van der Waals surface area contributed by atoms with Crippen molar-refractivity contribution < 1.29 is 9.90 Å². The van der Waals surface area contributed by atoms with Crippen molar-refractivity contribution in [3.8, 4) is 0 Å². The summed E-state index contributed by atoms with van der Waals surface area (Å²) >= 11 is 1.61. The first kappa shape index (κ1) is 11.6. The van der Waals surface area contributed by atoms with E-state index in [0.29, 0.717) is 13.0 Å². The highest BCUT2D eigenvalue weighted by molar-refractivity contribution is 7.07. The van der Waals surface area contributed by atoms with Crippen molar-refractivity contribution in [3.05, 3.63) is 22.4 Å². The number of carbonyl (C=O) groups excluding carboxylic acids is 1. The quantitative estimate of drug-likeness (QED) is 0.838. The average Bonchev–Trinajstić information content (AvgIpc) is 2.87. The Hall–Kier alpha value is -0.870. The molecule has 3 nitrogen and oxygen atoms in total. The van der Waals surface area contributed by atoms with Crippen molar-refractivity contribution in [2.24, 2.45) is 5.92 Å². The van der Waals surface area contributed by atoms with Crippen LogP contribution in [0, 0.1) is 5.92 Å². The van der Waals surface area contributed by atoms with E-state index in [4.69, 9.17) is 0 Å². The zero-order valence-electron chi connectivity index (χ0n) is 9.19. The Morgan fingerprint density at radius 2 is 2.44 bits per heavy atom. The van der Waals surface area contributed by atoms with E-state index in [2.05, 4.69) is 5.32 Å². The molecule has 0 saturated heterocycles. The lowest BCUT2D eigenvalue weighted by atomic mass is 10.1. The topological polar surface area (TPSA) is 49.3 Å². The second kappa shape index (κ2) is 5.46. The molecule has 2 atom stereocenters. The van der Waals surface area contributed by atoms with Crippen molar-refractivity contribution in [3.63, 3.8) is 0 Å². The van der Waals surface area contributed by atoms with Gasteiger partial charge in [0.25, 0.3) is 0 Å². The van der Waals surface area contributed by atoms with E-state index < -0.39 is 0 Å². The minimum Gasteiger partial charge on any atom is -0.393 e. The first-order valence-corrected chi connectivity index (χ1v) is 6.66. The van der Waals surface area contributed by atoms with Crippen LogP contribution in [0.15, 0.2) is 16.8 Å². The maximum Gasteiger partial charge on any atom is 0.224 e. The molecular formula is C12H17NO2S. The Kier molecular flexibility index (Phi) is 3.96. The van der Waals surface area contributed by atoms with Gasteiger partial charge in [-0.05, 0) is 35.2 Å². The van der Waals surface area contributed by atoms with Crippen molar-refractivity contribution in [2.45, 2.75) is 31.8 Å². The lowest BCUT2D eigenvalue weighted by molar-refractivity contribution is -0.120. The van der Waals surface area contributed by atoms with Crippen LogP contribution in [0.1, 0.15) is 24.8 Å². The molecule has 2 unspecified atom stereocenters. The fourth-order valence-electron chi connectivity index (χ4n) is 2.14. The van der Waals surface area contributed by atoms with Gasteiger partial charge in [-0.1, -0.05) is 6.42 Å². The minimum atomic E-state index is -0.221. The minimum absolute atomic E-state index is 0.0532. The number of aliphatic hydroxyl groups excluding tert-OH is 1. The number of carbonyl (C=O) groups is 1. The molecule has 1 aliphatic rings. The summed E-state index contributed by atoms with van der Waals surface area (Å²) in [5.41, 5.74) is 1.06. The highest BCUT2D eigenvalue weighted by Gasteiger charge is 2.25. The highest BCUT2D eigenvalue weighted by atomic mass is 32.1. The van der Waals surface area contributed by atoms with Crippen LogP contribution >= 0.6 is 11.3 Å². The number of hydrogen-bond donors (Lipinski definition) is 2. The number of thiophene rings is 1. The standard InChI is InChI=1S/C12H17NO2S/c14-11-3-1-2-10(11)7-13-12(15)6-9-4-5-16-8-9/h4-5,8,10-11,14H,1-3,6-7H2,(H,13,15). The van der Waals surface area contributed by atoms with Crippen molar-refractivity contribution in [2.75, 3.05) is 6.54 Å². The van der Waals surface area contributed by atoms with Crippen LogP contribution in [0.25, 0.3) is 0 Å². The SMILES string of the molecule is O=C(Cc1ccsc1)NCC1CCCC1O. The lowest BCUT2D eigenvalue weighted by Crippen LogP contribution is -2.33. The lowest BCUT2D eigenvalue weighted by Gasteiger charge is -2.14. The van der Waals surface area contributed by atoms with Crippen LogP contribution in [0.3, 0.4) is 0 Å². The Labute approximate surface area is 99.5 Å². The van der Waals surface area contributed by atoms with Gasteiger partial charge in [0.15, 0.2) is 0 Å². The van der Waals surface area contributed by atoms with Gasteiger partial charge in [-0.25, -0.2) is 0 Å². The summed E-state index contributed by atoms with van der Waals surface area (Å²) in [6.07, 6.45) is 3.21. The zero-order valence-corrected chi connectivity index (χ0v) is 10.0. The summed E-state index contributed by atoms with van der Waals surface area (Å²) in [7, 11) is 0. The van der Waals surface area contributed by atoms with Crippen LogP contribution in [-0.2, 0) is 11.2 Å².